The predicted octanol–water partition coefficient (Wildman–Crippen LogP) is 5.59. The molecule has 1 aromatic heterocycles. The summed E-state index contributed by atoms with van der Waals surface area (Å²) >= 11 is 6.28. The molecule has 1 heterocycles. The van der Waals surface area contributed by atoms with Gasteiger partial charge in [0.2, 0.25) is 0 Å². The Labute approximate surface area is 201 Å². The average molecular weight is 470 g/mol. The smallest absolute Gasteiger partial charge is 0.255 e. The summed E-state index contributed by atoms with van der Waals surface area (Å²) in [6.45, 7) is 3.58. The van der Waals surface area contributed by atoms with E-state index in [-0.39, 0.29) is 11.8 Å². The molecule has 168 valence electrons. The Bertz CT molecular complexity index is 1460. The summed E-state index contributed by atoms with van der Waals surface area (Å²) in [5.41, 5.74) is 2.93. The van der Waals surface area contributed by atoms with Crippen molar-refractivity contribution in [3.63, 3.8) is 0 Å². The number of nitrogens with zero attached hydrogens (tertiary/aromatic N) is 3. The van der Waals surface area contributed by atoms with Gasteiger partial charge < -0.3 is 10.6 Å². The van der Waals surface area contributed by atoms with Crippen LogP contribution in [0.4, 0.5) is 11.4 Å². The van der Waals surface area contributed by atoms with Gasteiger partial charge in [-0.2, -0.15) is 5.26 Å². The number of halogens is 1. The van der Waals surface area contributed by atoms with Crippen molar-refractivity contribution >= 4 is 45.8 Å². The average Bonchev–Trinajstić information content (AvgIpc) is 2.85. The van der Waals surface area contributed by atoms with E-state index in [4.69, 9.17) is 11.6 Å². The highest BCUT2D eigenvalue weighted by Crippen LogP contribution is 2.27. The maximum absolute atomic E-state index is 12.8. The minimum Gasteiger partial charge on any atom is -0.322 e. The van der Waals surface area contributed by atoms with Gasteiger partial charge in [-0.1, -0.05) is 23.7 Å². The summed E-state index contributed by atoms with van der Waals surface area (Å²) < 4.78 is 0. The molecule has 3 aromatic carbocycles. The zero-order chi connectivity index (χ0) is 24.3. The number of nitriles is 1. The highest BCUT2D eigenvalue weighted by Gasteiger charge is 2.21. The Kier molecular flexibility index (Phi) is 6.26. The second kappa shape index (κ2) is 9.30. The molecule has 0 saturated heterocycles. The van der Waals surface area contributed by atoms with Crippen LogP contribution in [0, 0.1) is 11.3 Å². The van der Waals surface area contributed by atoms with E-state index in [2.05, 4.69) is 26.7 Å². The molecule has 7 nitrogen and oxygen atoms in total. The Balaban J connectivity index is 1.53. The quantitative estimate of drug-likeness (QED) is 0.396. The molecule has 0 radical (unpaired) electrons. The van der Waals surface area contributed by atoms with Crippen molar-refractivity contribution in [1.82, 2.24) is 9.97 Å². The van der Waals surface area contributed by atoms with E-state index in [0.717, 1.165) is 5.56 Å². The van der Waals surface area contributed by atoms with Crippen LogP contribution in [-0.2, 0) is 5.41 Å². The van der Waals surface area contributed by atoms with E-state index in [1.807, 2.05) is 6.07 Å². The highest BCUT2D eigenvalue weighted by atomic mass is 35.5. The van der Waals surface area contributed by atoms with Gasteiger partial charge in [-0.3, -0.25) is 19.6 Å². The van der Waals surface area contributed by atoms with Crippen LogP contribution in [0.5, 0.6) is 0 Å². The molecule has 0 aliphatic rings. The number of benzene rings is 3. The standard InChI is InChI=1S/C26H20ClN5O2/c1-26(2,15-28)18-5-3-4-16(12-18)24(33)31-19-7-8-20(27)22(14-19)32-25(34)17-6-9-21-23(13-17)30-11-10-29-21/h3-14H,1-2H3,(H,31,33)(H,32,34). The first-order valence-corrected chi connectivity index (χ1v) is 10.8. The van der Waals surface area contributed by atoms with Crippen molar-refractivity contribution in [2.45, 2.75) is 19.3 Å². The Hall–Kier alpha value is -4.28. The van der Waals surface area contributed by atoms with Gasteiger partial charge in [0.05, 0.1) is 33.2 Å². The predicted molar refractivity (Wildman–Crippen MR) is 132 cm³/mol. The molecule has 0 bridgehead atoms. The lowest BCUT2D eigenvalue weighted by molar-refractivity contribution is 0.101. The first kappa shape index (κ1) is 22.9. The van der Waals surface area contributed by atoms with Crippen LogP contribution in [0.2, 0.25) is 5.02 Å². The van der Waals surface area contributed by atoms with Gasteiger partial charge in [0.25, 0.3) is 11.8 Å². The molecule has 8 heteroatoms. The van der Waals surface area contributed by atoms with Crippen molar-refractivity contribution < 1.29 is 9.59 Å². The second-order valence-electron chi connectivity index (χ2n) is 8.18. The fraction of sp³-hybridized carbons (Fsp3) is 0.115. The molecule has 34 heavy (non-hydrogen) atoms. The van der Waals surface area contributed by atoms with Gasteiger partial charge in [0.1, 0.15) is 0 Å². The zero-order valence-electron chi connectivity index (χ0n) is 18.5. The van der Waals surface area contributed by atoms with Crippen LogP contribution in [0.3, 0.4) is 0 Å². The van der Waals surface area contributed by atoms with E-state index in [1.54, 1.807) is 80.8 Å². The van der Waals surface area contributed by atoms with Crippen LogP contribution >= 0.6 is 11.6 Å². The normalized spacial score (nSPS) is 11.0. The lowest BCUT2D eigenvalue weighted by atomic mass is 9.85. The minimum atomic E-state index is -0.720. The monoisotopic (exact) mass is 469 g/mol. The van der Waals surface area contributed by atoms with E-state index < -0.39 is 5.41 Å². The second-order valence-corrected chi connectivity index (χ2v) is 8.59. The molecule has 2 N–H and O–H groups in total. The number of nitrogens with one attached hydrogen (secondary N) is 2. The molecule has 4 aromatic rings. The third kappa shape index (κ3) is 4.87. The Morgan fingerprint density at radius 3 is 2.35 bits per heavy atom. The molecule has 0 aliphatic heterocycles. The van der Waals surface area contributed by atoms with Gasteiger partial charge in [-0.15, -0.1) is 0 Å². The number of carbonyl (C=O) groups is 2. The number of hydrogen-bond donors (Lipinski definition) is 2. The number of amides is 2. The molecular formula is C26H20ClN5O2. The summed E-state index contributed by atoms with van der Waals surface area (Å²) in [6.07, 6.45) is 3.15. The number of rotatable bonds is 5. The van der Waals surface area contributed by atoms with Gasteiger partial charge in [0.15, 0.2) is 0 Å². The van der Waals surface area contributed by atoms with Crippen molar-refractivity contribution in [2.24, 2.45) is 0 Å². The lowest BCUT2D eigenvalue weighted by Crippen LogP contribution is -2.17. The first-order chi connectivity index (χ1) is 16.3. The van der Waals surface area contributed by atoms with Crippen molar-refractivity contribution in [2.75, 3.05) is 10.6 Å². The summed E-state index contributed by atoms with van der Waals surface area (Å²) in [6, 6.07) is 19.0. The third-order valence-electron chi connectivity index (χ3n) is 5.33. The van der Waals surface area contributed by atoms with E-state index in [0.29, 0.717) is 38.6 Å². The first-order valence-electron chi connectivity index (χ1n) is 10.4. The molecule has 0 fully saturated rings. The van der Waals surface area contributed by atoms with Gasteiger partial charge >= 0.3 is 0 Å². The van der Waals surface area contributed by atoms with Crippen molar-refractivity contribution in [3.05, 3.63) is 94.8 Å². The number of anilines is 2. The summed E-state index contributed by atoms with van der Waals surface area (Å²) in [5.74, 6) is -0.715. The molecule has 2 amide bonds. The van der Waals surface area contributed by atoms with Crippen LogP contribution in [0.15, 0.2) is 73.1 Å². The maximum atomic E-state index is 12.8. The number of hydrogen-bond acceptors (Lipinski definition) is 5. The molecular weight excluding hydrogens is 450 g/mol. The largest absolute Gasteiger partial charge is 0.322 e. The molecule has 4 rings (SSSR count). The third-order valence-corrected chi connectivity index (χ3v) is 5.66. The van der Waals surface area contributed by atoms with Crippen LogP contribution in [0.25, 0.3) is 11.0 Å². The lowest BCUT2D eigenvalue weighted by Gasteiger charge is -2.16. The zero-order valence-corrected chi connectivity index (χ0v) is 19.2. The molecule has 0 atom stereocenters. The molecule has 0 unspecified atom stereocenters. The van der Waals surface area contributed by atoms with E-state index >= 15 is 0 Å². The SMILES string of the molecule is CC(C)(C#N)c1cccc(C(=O)Nc2ccc(Cl)c(NC(=O)c3ccc4nccnc4c3)c2)c1. The van der Waals surface area contributed by atoms with Crippen molar-refractivity contribution in [3.8, 4) is 6.07 Å². The van der Waals surface area contributed by atoms with Crippen LogP contribution in [0.1, 0.15) is 40.1 Å². The van der Waals surface area contributed by atoms with Crippen LogP contribution < -0.4 is 10.6 Å². The number of carbonyl (C=O) groups excluding carboxylic acids is 2. The molecule has 0 aliphatic carbocycles. The highest BCUT2D eigenvalue weighted by molar-refractivity contribution is 6.34. The van der Waals surface area contributed by atoms with Gasteiger partial charge in [-0.25, -0.2) is 0 Å². The number of aromatic nitrogens is 2. The molecule has 0 spiro atoms. The minimum absolute atomic E-state index is 0.324. The fourth-order valence-corrected chi connectivity index (χ4v) is 3.48. The Morgan fingerprint density at radius 2 is 1.59 bits per heavy atom. The topological polar surface area (TPSA) is 108 Å². The van der Waals surface area contributed by atoms with Crippen molar-refractivity contribution in [1.29, 1.82) is 5.26 Å². The van der Waals surface area contributed by atoms with Gasteiger partial charge in [0, 0.05) is 29.2 Å². The van der Waals surface area contributed by atoms with Crippen LogP contribution in [-0.4, -0.2) is 21.8 Å². The summed E-state index contributed by atoms with van der Waals surface area (Å²) in [5, 5.41) is 15.3. The molecule has 0 saturated carbocycles. The van der Waals surface area contributed by atoms with E-state index in [9.17, 15) is 14.9 Å². The fourth-order valence-electron chi connectivity index (χ4n) is 3.31. The number of fused-ring (bicyclic) bond motifs is 1. The maximum Gasteiger partial charge on any atom is 0.255 e. The Morgan fingerprint density at radius 1 is 0.882 bits per heavy atom. The summed E-state index contributed by atoms with van der Waals surface area (Å²) in [7, 11) is 0. The summed E-state index contributed by atoms with van der Waals surface area (Å²) in [4.78, 5) is 34.0. The van der Waals surface area contributed by atoms with Gasteiger partial charge in [-0.05, 0) is 67.9 Å². The van der Waals surface area contributed by atoms with E-state index in [1.165, 1.54) is 0 Å².